The van der Waals surface area contributed by atoms with Crippen molar-refractivity contribution in [1.82, 2.24) is 15.5 Å². The number of hydrogen-bond acceptors (Lipinski definition) is 2. The van der Waals surface area contributed by atoms with Crippen molar-refractivity contribution < 1.29 is 13.2 Å². The largest absolute Gasteiger partial charge is 0.416 e. The van der Waals surface area contributed by atoms with Crippen LogP contribution in [0.25, 0.3) is 0 Å². The maximum absolute atomic E-state index is 12.6. The van der Waals surface area contributed by atoms with Gasteiger partial charge in [-0.1, -0.05) is 12.1 Å². The van der Waals surface area contributed by atoms with Crippen LogP contribution in [0.4, 0.5) is 13.2 Å². The minimum Gasteiger partial charge on any atom is -0.356 e. The van der Waals surface area contributed by atoms with E-state index in [0.717, 1.165) is 37.3 Å². The molecule has 1 heterocycles. The zero-order valence-electron chi connectivity index (χ0n) is 15.7. The van der Waals surface area contributed by atoms with Gasteiger partial charge in [-0.15, -0.1) is 0 Å². The molecule has 1 aliphatic heterocycles. The highest BCUT2D eigenvalue weighted by Crippen LogP contribution is 2.29. The second kappa shape index (κ2) is 9.26. The van der Waals surface area contributed by atoms with Gasteiger partial charge in [-0.3, -0.25) is 4.99 Å². The van der Waals surface area contributed by atoms with E-state index in [-0.39, 0.29) is 0 Å². The molecule has 0 amide bonds. The van der Waals surface area contributed by atoms with E-state index in [1.165, 1.54) is 25.0 Å². The van der Waals surface area contributed by atoms with Crippen molar-refractivity contribution >= 4 is 5.96 Å². The zero-order chi connectivity index (χ0) is 19.2. The quantitative estimate of drug-likeness (QED) is 0.616. The monoisotopic (exact) mass is 370 g/mol. The summed E-state index contributed by atoms with van der Waals surface area (Å²) in [7, 11) is 1.70. The first-order valence-electron chi connectivity index (χ1n) is 9.14. The Hall–Kier alpha value is -1.76. The normalized spacial score (nSPS) is 19.7. The fourth-order valence-corrected chi connectivity index (χ4v) is 3.19. The van der Waals surface area contributed by atoms with Crippen LogP contribution in [0.5, 0.6) is 0 Å². The molecule has 146 valence electrons. The van der Waals surface area contributed by atoms with Crippen molar-refractivity contribution in [2.75, 3.05) is 26.7 Å². The van der Waals surface area contributed by atoms with Gasteiger partial charge in [-0.25, -0.2) is 0 Å². The summed E-state index contributed by atoms with van der Waals surface area (Å²) in [6, 6.07) is 5.76. The lowest BCUT2D eigenvalue weighted by atomic mass is 9.97. The number of piperidine rings is 1. The van der Waals surface area contributed by atoms with Crippen molar-refractivity contribution in [2.45, 2.75) is 45.5 Å². The Morgan fingerprint density at radius 3 is 2.50 bits per heavy atom. The minimum absolute atomic E-state index is 0.431. The van der Waals surface area contributed by atoms with E-state index in [4.69, 9.17) is 0 Å². The number of guanidine groups is 1. The molecule has 1 fully saturated rings. The number of aliphatic imine (C=N–C) groups is 1. The van der Waals surface area contributed by atoms with E-state index >= 15 is 0 Å². The number of nitrogens with one attached hydrogen (secondary N) is 2. The molecule has 0 saturated carbocycles. The first-order chi connectivity index (χ1) is 12.3. The van der Waals surface area contributed by atoms with Crippen LogP contribution in [0.2, 0.25) is 0 Å². The van der Waals surface area contributed by atoms with Gasteiger partial charge in [-0.2, -0.15) is 13.2 Å². The summed E-state index contributed by atoms with van der Waals surface area (Å²) in [6.45, 7) is 7.97. The fourth-order valence-electron chi connectivity index (χ4n) is 3.19. The van der Waals surface area contributed by atoms with E-state index in [0.29, 0.717) is 24.5 Å². The lowest BCUT2D eigenvalue weighted by Crippen LogP contribution is -2.45. The number of hydrogen-bond donors (Lipinski definition) is 2. The van der Waals surface area contributed by atoms with Gasteiger partial charge in [0.2, 0.25) is 0 Å². The molecule has 1 aromatic rings. The Morgan fingerprint density at radius 1 is 1.23 bits per heavy atom. The Labute approximate surface area is 153 Å². The molecule has 1 unspecified atom stereocenters. The van der Waals surface area contributed by atoms with Crippen molar-refractivity contribution in [3.05, 3.63) is 35.4 Å². The summed E-state index contributed by atoms with van der Waals surface area (Å²) in [4.78, 5) is 6.69. The van der Waals surface area contributed by atoms with Gasteiger partial charge < -0.3 is 15.5 Å². The minimum atomic E-state index is -4.30. The number of halogens is 3. The molecule has 0 radical (unpaired) electrons. The van der Waals surface area contributed by atoms with Crippen LogP contribution in [0.3, 0.4) is 0 Å². The van der Waals surface area contributed by atoms with Crippen molar-refractivity contribution in [3.63, 3.8) is 0 Å². The molecule has 1 atom stereocenters. The lowest BCUT2D eigenvalue weighted by molar-refractivity contribution is -0.137. The Kier molecular flexibility index (Phi) is 7.32. The molecular weight excluding hydrogens is 341 g/mol. The van der Waals surface area contributed by atoms with Crippen molar-refractivity contribution in [2.24, 2.45) is 10.9 Å². The van der Waals surface area contributed by atoms with Crippen LogP contribution in [0, 0.1) is 5.92 Å². The maximum Gasteiger partial charge on any atom is 0.416 e. The molecular formula is C19H29F3N4. The van der Waals surface area contributed by atoms with Crippen LogP contribution in [-0.2, 0) is 12.7 Å². The molecule has 0 aliphatic carbocycles. The van der Waals surface area contributed by atoms with E-state index in [1.807, 2.05) is 0 Å². The lowest BCUT2D eigenvalue weighted by Gasteiger charge is -2.35. The van der Waals surface area contributed by atoms with Crippen LogP contribution < -0.4 is 10.6 Å². The third kappa shape index (κ3) is 6.20. The zero-order valence-corrected chi connectivity index (χ0v) is 15.7. The third-order valence-corrected chi connectivity index (χ3v) is 4.80. The van der Waals surface area contributed by atoms with Gasteiger partial charge in [0.25, 0.3) is 0 Å². The summed E-state index contributed by atoms with van der Waals surface area (Å²) in [5.41, 5.74) is 0.153. The highest BCUT2D eigenvalue weighted by molar-refractivity contribution is 5.79. The maximum atomic E-state index is 12.6. The molecule has 1 aromatic carbocycles. The van der Waals surface area contributed by atoms with E-state index in [9.17, 15) is 13.2 Å². The Balaban J connectivity index is 1.79. The smallest absolute Gasteiger partial charge is 0.356 e. The highest BCUT2D eigenvalue weighted by Gasteiger charge is 2.29. The number of nitrogens with zero attached hydrogens (tertiary/aromatic N) is 2. The number of likely N-dealkylation sites (tertiary alicyclic amines) is 1. The van der Waals surface area contributed by atoms with Crippen LogP contribution >= 0.6 is 0 Å². The Morgan fingerprint density at radius 2 is 1.92 bits per heavy atom. The molecule has 1 saturated heterocycles. The first-order valence-corrected chi connectivity index (χ1v) is 9.14. The van der Waals surface area contributed by atoms with E-state index < -0.39 is 11.7 Å². The molecule has 7 heteroatoms. The average Bonchev–Trinajstić information content (AvgIpc) is 2.61. The Bertz CT molecular complexity index is 581. The number of alkyl halides is 3. The molecule has 0 bridgehead atoms. The molecule has 26 heavy (non-hydrogen) atoms. The standard InChI is InChI=1S/C19H29F3N4/c1-14(2)26-10-4-5-16(13-26)12-25-18(23-3)24-11-15-6-8-17(9-7-15)19(20,21)22/h6-9,14,16H,4-5,10-13H2,1-3H3,(H2,23,24,25). The van der Waals surface area contributed by atoms with Crippen LogP contribution in [-0.4, -0.2) is 43.6 Å². The second-order valence-corrected chi connectivity index (χ2v) is 7.10. The number of benzene rings is 1. The molecule has 2 N–H and O–H groups in total. The highest BCUT2D eigenvalue weighted by atomic mass is 19.4. The third-order valence-electron chi connectivity index (χ3n) is 4.80. The van der Waals surface area contributed by atoms with Crippen molar-refractivity contribution in [1.29, 1.82) is 0 Å². The van der Waals surface area contributed by atoms with E-state index in [1.54, 1.807) is 7.05 Å². The SMILES string of the molecule is CN=C(NCc1ccc(C(F)(F)F)cc1)NCC1CCCN(C(C)C)C1. The van der Waals surface area contributed by atoms with Gasteiger partial charge in [0.05, 0.1) is 5.56 Å². The topological polar surface area (TPSA) is 39.7 Å². The summed E-state index contributed by atoms with van der Waals surface area (Å²) >= 11 is 0. The predicted molar refractivity (Wildman–Crippen MR) is 99.1 cm³/mol. The van der Waals surface area contributed by atoms with Gasteiger partial charge in [0.15, 0.2) is 5.96 Å². The molecule has 4 nitrogen and oxygen atoms in total. The molecule has 2 rings (SSSR count). The molecule has 0 spiro atoms. The fraction of sp³-hybridized carbons (Fsp3) is 0.632. The van der Waals surface area contributed by atoms with E-state index in [2.05, 4.69) is 34.4 Å². The summed E-state index contributed by atoms with van der Waals surface area (Å²) in [6.07, 6.45) is -1.89. The molecule has 1 aliphatic rings. The predicted octanol–water partition coefficient (Wildman–Crippen LogP) is 3.49. The van der Waals surface area contributed by atoms with Crippen LogP contribution in [0.15, 0.2) is 29.3 Å². The van der Waals surface area contributed by atoms with Crippen molar-refractivity contribution in [3.8, 4) is 0 Å². The second-order valence-electron chi connectivity index (χ2n) is 7.10. The van der Waals surface area contributed by atoms with Gasteiger partial charge >= 0.3 is 6.18 Å². The summed E-state index contributed by atoms with van der Waals surface area (Å²) in [5.74, 6) is 1.25. The first kappa shape index (κ1) is 20.6. The molecule has 0 aromatic heterocycles. The average molecular weight is 370 g/mol. The number of rotatable bonds is 5. The van der Waals surface area contributed by atoms with Gasteiger partial charge in [0.1, 0.15) is 0 Å². The summed E-state index contributed by atoms with van der Waals surface area (Å²) in [5, 5.41) is 6.50. The summed E-state index contributed by atoms with van der Waals surface area (Å²) < 4.78 is 37.8. The van der Waals surface area contributed by atoms with Crippen LogP contribution in [0.1, 0.15) is 37.8 Å². The van der Waals surface area contributed by atoms with Gasteiger partial charge in [0, 0.05) is 32.7 Å². The van der Waals surface area contributed by atoms with Gasteiger partial charge in [-0.05, 0) is 56.8 Å².